The number of thioether (sulfide) groups is 1. The van der Waals surface area contributed by atoms with Crippen LogP contribution in [0.1, 0.15) is 30.6 Å². The lowest BCUT2D eigenvalue weighted by Gasteiger charge is -2.36. The molecule has 6 nitrogen and oxygen atoms in total. The van der Waals surface area contributed by atoms with Crippen molar-refractivity contribution in [3.8, 4) is 11.5 Å². The van der Waals surface area contributed by atoms with Crippen LogP contribution >= 0.6 is 11.8 Å². The third-order valence-corrected chi connectivity index (χ3v) is 5.39. The summed E-state index contributed by atoms with van der Waals surface area (Å²) >= 11 is 1.56. The number of nitrogens with zero attached hydrogens (tertiary/aromatic N) is 3. The number of hydrogen-bond acceptors (Lipinski definition) is 7. The summed E-state index contributed by atoms with van der Waals surface area (Å²) in [7, 11) is 0. The van der Waals surface area contributed by atoms with Crippen molar-refractivity contribution in [2.45, 2.75) is 36.1 Å². The van der Waals surface area contributed by atoms with Crippen LogP contribution in [0.15, 0.2) is 21.8 Å². The van der Waals surface area contributed by atoms with Gasteiger partial charge in [0.25, 0.3) is 0 Å². The van der Waals surface area contributed by atoms with Crippen molar-refractivity contribution in [2.24, 2.45) is 0 Å². The van der Waals surface area contributed by atoms with Gasteiger partial charge in [0.1, 0.15) is 6.61 Å². The van der Waals surface area contributed by atoms with Crippen LogP contribution in [-0.2, 0) is 21.4 Å². The Morgan fingerprint density at radius 1 is 1.35 bits per heavy atom. The minimum Gasteiger partial charge on any atom is -0.374 e. The Morgan fingerprint density at radius 2 is 2.26 bits per heavy atom. The minimum atomic E-state index is -0.561. The Labute approximate surface area is 138 Å². The van der Waals surface area contributed by atoms with Gasteiger partial charge >= 0.3 is 0 Å². The van der Waals surface area contributed by atoms with Gasteiger partial charge in [-0.1, -0.05) is 5.16 Å². The van der Waals surface area contributed by atoms with Gasteiger partial charge in [0.05, 0.1) is 10.4 Å². The lowest BCUT2D eigenvalue weighted by molar-refractivity contribution is -0.136. The molecule has 7 heteroatoms. The Morgan fingerprint density at radius 3 is 3.09 bits per heavy atom. The SMILES string of the molecule is CSc1ccnc(-c2noc3c2CCCC32CCOCC2=O)n1. The Kier molecular flexibility index (Phi) is 3.69. The molecular formula is C16H17N3O3S. The molecule has 120 valence electrons. The molecule has 2 aromatic rings. The van der Waals surface area contributed by atoms with Crippen molar-refractivity contribution >= 4 is 17.5 Å². The van der Waals surface area contributed by atoms with E-state index in [4.69, 9.17) is 9.26 Å². The Bertz CT molecular complexity index is 761. The zero-order valence-corrected chi connectivity index (χ0v) is 13.7. The fourth-order valence-electron chi connectivity index (χ4n) is 3.54. The van der Waals surface area contributed by atoms with Gasteiger partial charge in [0.2, 0.25) is 0 Å². The van der Waals surface area contributed by atoms with E-state index in [2.05, 4.69) is 15.1 Å². The second-order valence-electron chi connectivity index (χ2n) is 5.92. The molecule has 0 radical (unpaired) electrons. The third kappa shape index (κ3) is 2.30. The lowest BCUT2D eigenvalue weighted by atomic mass is 9.68. The zero-order chi connectivity index (χ0) is 15.9. The lowest BCUT2D eigenvalue weighted by Crippen LogP contribution is -2.45. The summed E-state index contributed by atoms with van der Waals surface area (Å²) in [6.07, 6.45) is 6.96. The van der Waals surface area contributed by atoms with Crippen LogP contribution in [0, 0.1) is 0 Å². The van der Waals surface area contributed by atoms with E-state index in [0.717, 1.165) is 29.9 Å². The topological polar surface area (TPSA) is 78.1 Å². The second kappa shape index (κ2) is 5.72. The summed E-state index contributed by atoms with van der Waals surface area (Å²) in [6, 6.07) is 1.87. The zero-order valence-electron chi connectivity index (χ0n) is 12.9. The summed E-state index contributed by atoms with van der Waals surface area (Å²) < 4.78 is 11.0. The van der Waals surface area contributed by atoms with Gasteiger partial charge in [-0.15, -0.1) is 11.8 Å². The van der Waals surface area contributed by atoms with Gasteiger partial charge in [0, 0.05) is 18.4 Å². The van der Waals surface area contributed by atoms with Crippen molar-refractivity contribution in [3.63, 3.8) is 0 Å². The quantitative estimate of drug-likeness (QED) is 0.617. The molecule has 4 rings (SSSR count). The van der Waals surface area contributed by atoms with Crippen molar-refractivity contribution < 1.29 is 14.1 Å². The smallest absolute Gasteiger partial charge is 0.183 e. The fraction of sp³-hybridized carbons (Fsp3) is 0.500. The maximum Gasteiger partial charge on any atom is 0.183 e. The predicted molar refractivity (Wildman–Crippen MR) is 84.4 cm³/mol. The molecule has 2 aliphatic rings. The Hall–Kier alpha value is -1.73. The minimum absolute atomic E-state index is 0.103. The van der Waals surface area contributed by atoms with Gasteiger partial charge in [0.15, 0.2) is 23.1 Å². The highest BCUT2D eigenvalue weighted by Gasteiger charge is 2.49. The molecule has 1 unspecified atom stereocenters. The predicted octanol–water partition coefficient (Wildman–Crippen LogP) is 2.42. The van der Waals surface area contributed by atoms with E-state index >= 15 is 0 Å². The first-order valence-corrected chi connectivity index (χ1v) is 8.94. The largest absolute Gasteiger partial charge is 0.374 e. The second-order valence-corrected chi connectivity index (χ2v) is 6.75. The molecule has 1 fully saturated rings. The normalized spacial score (nSPS) is 24.0. The van der Waals surface area contributed by atoms with E-state index in [-0.39, 0.29) is 12.4 Å². The molecule has 23 heavy (non-hydrogen) atoms. The molecular weight excluding hydrogens is 314 g/mol. The first-order chi connectivity index (χ1) is 11.2. The van der Waals surface area contributed by atoms with Crippen LogP contribution in [-0.4, -0.2) is 40.4 Å². The number of ether oxygens (including phenoxy) is 1. The summed E-state index contributed by atoms with van der Waals surface area (Å²) in [5, 5.41) is 5.11. The van der Waals surface area contributed by atoms with Crippen molar-refractivity contribution in [3.05, 3.63) is 23.6 Å². The molecule has 2 aromatic heterocycles. The fourth-order valence-corrected chi connectivity index (χ4v) is 3.91. The Balaban J connectivity index is 1.81. The van der Waals surface area contributed by atoms with Crippen molar-refractivity contribution in [1.29, 1.82) is 0 Å². The van der Waals surface area contributed by atoms with Crippen LogP contribution in [0.3, 0.4) is 0 Å². The van der Waals surface area contributed by atoms with E-state index in [1.54, 1.807) is 18.0 Å². The number of rotatable bonds is 2. The maximum atomic E-state index is 12.5. The highest BCUT2D eigenvalue weighted by atomic mass is 32.2. The molecule has 0 aromatic carbocycles. The number of aromatic nitrogens is 3. The molecule has 0 N–H and O–H groups in total. The highest BCUT2D eigenvalue weighted by Crippen LogP contribution is 2.45. The molecule has 1 saturated heterocycles. The summed E-state index contributed by atoms with van der Waals surface area (Å²) in [6.45, 7) is 0.744. The monoisotopic (exact) mass is 331 g/mol. The number of fused-ring (bicyclic) bond motifs is 2. The maximum absolute atomic E-state index is 12.5. The van der Waals surface area contributed by atoms with Gasteiger partial charge in [-0.25, -0.2) is 9.97 Å². The van der Waals surface area contributed by atoms with E-state index in [1.807, 2.05) is 12.3 Å². The van der Waals surface area contributed by atoms with Gasteiger partial charge < -0.3 is 9.26 Å². The molecule has 1 atom stereocenters. The summed E-state index contributed by atoms with van der Waals surface area (Å²) in [5.41, 5.74) is 1.10. The molecule has 1 aliphatic heterocycles. The first-order valence-electron chi connectivity index (χ1n) is 7.72. The van der Waals surface area contributed by atoms with Crippen LogP contribution in [0.4, 0.5) is 0 Å². The average Bonchev–Trinajstić information content (AvgIpc) is 3.03. The summed E-state index contributed by atoms with van der Waals surface area (Å²) in [5.74, 6) is 1.38. The highest BCUT2D eigenvalue weighted by molar-refractivity contribution is 7.98. The molecule has 0 saturated carbocycles. The van der Waals surface area contributed by atoms with Crippen LogP contribution in [0.2, 0.25) is 0 Å². The third-order valence-electron chi connectivity index (χ3n) is 4.74. The summed E-state index contributed by atoms with van der Waals surface area (Å²) in [4.78, 5) is 21.4. The van der Waals surface area contributed by atoms with Crippen LogP contribution in [0.5, 0.6) is 0 Å². The molecule has 0 bridgehead atoms. The van der Waals surface area contributed by atoms with E-state index in [9.17, 15) is 4.79 Å². The van der Waals surface area contributed by atoms with Crippen molar-refractivity contribution in [1.82, 2.24) is 15.1 Å². The molecule has 1 aliphatic carbocycles. The standard InChI is InChI=1S/C16H17N3O3S/c1-23-12-4-7-17-15(18-12)13-10-3-2-5-16(14(10)22-19-13)6-8-21-9-11(16)20/h4,7H,2-3,5-6,8-9H2,1H3. The molecule has 1 spiro atoms. The van der Waals surface area contributed by atoms with Gasteiger partial charge in [-0.05, 0) is 38.0 Å². The van der Waals surface area contributed by atoms with Crippen LogP contribution < -0.4 is 0 Å². The number of hydrogen-bond donors (Lipinski definition) is 0. The van der Waals surface area contributed by atoms with Gasteiger partial charge in [-0.2, -0.15) is 0 Å². The number of ketones is 1. The number of Topliss-reactive ketones (excluding diaryl/α,β-unsaturated/α-hetero) is 1. The number of carbonyl (C=O) groups excluding carboxylic acids is 1. The average molecular weight is 331 g/mol. The van der Waals surface area contributed by atoms with Gasteiger partial charge in [-0.3, -0.25) is 4.79 Å². The van der Waals surface area contributed by atoms with E-state index in [0.29, 0.717) is 30.3 Å². The van der Waals surface area contributed by atoms with Crippen molar-refractivity contribution in [2.75, 3.05) is 19.5 Å². The molecule has 3 heterocycles. The van der Waals surface area contributed by atoms with E-state index in [1.165, 1.54) is 0 Å². The first kappa shape index (κ1) is 14.8. The van der Waals surface area contributed by atoms with E-state index < -0.39 is 5.41 Å². The molecule has 0 amide bonds. The van der Waals surface area contributed by atoms with Crippen LogP contribution in [0.25, 0.3) is 11.5 Å². The number of carbonyl (C=O) groups is 1.